The number of benzene rings is 1. The quantitative estimate of drug-likeness (QED) is 0.535. The van der Waals surface area contributed by atoms with Crippen LogP contribution < -0.4 is 14.8 Å². The molecule has 0 atom stereocenters. The number of hydrogen-bond acceptors (Lipinski definition) is 7. The molecular weight excluding hydrogens is 400 g/mol. The van der Waals surface area contributed by atoms with Gasteiger partial charge < -0.3 is 24.4 Å². The fraction of sp³-hybridized carbons (Fsp3) is 0.273. The first-order valence-corrected chi connectivity index (χ1v) is 9.60. The second kappa shape index (κ2) is 10.8. The molecule has 1 aromatic carbocycles. The molecule has 1 N–H and O–H groups in total. The average molecular weight is 422 g/mol. The number of aromatic nitrogens is 1. The maximum atomic E-state index is 12.4. The number of amides is 2. The van der Waals surface area contributed by atoms with Crippen molar-refractivity contribution in [3.8, 4) is 17.6 Å². The molecule has 3 rings (SSSR count). The molecule has 0 aliphatic carbocycles. The van der Waals surface area contributed by atoms with Gasteiger partial charge in [-0.05, 0) is 35.9 Å². The number of pyridine rings is 1. The largest absolute Gasteiger partial charge is 0.493 e. The van der Waals surface area contributed by atoms with Crippen molar-refractivity contribution >= 4 is 23.6 Å². The number of hydrogen-bond donors (Lipinski definition) is 1. The number of methoxy groups -OCH3 is 1. The molecule has 1 saturated heterocycles. The molecule has 1 aliphatic rings. The zero-order chi connectivity index (χ0) is 22.1. The standard InChI is InChI=1S/C22H22N4O5/c1-29-20-12-16(11-17(13-23)22(28)25-18-3-2-6-24-14-18)4-5-19(20)31-15-21(27)26-7-9-30-10-8-26/h2-6,11-12,14H,7-10,15H2,1H3,(H,25,28)/b17-11+. The molecule has 0 unspecified atom stereocenters. The smallest absolute Gasteiger partial charge is 0.266 e. The van der Waals surface area contributed by atoms with Gasteiger partial charge in [-0.1, -0.05) is 6.07 Å². The Kier molecular flexibility index (Phi) is 7.56. The third kappa shape index (κ3) is 6.04. The predicted molar refractivity (Wildman–Crippen MR) is 112 cm³/mol. The van der Waals surface area contributed by atoms with Crippen molar-refractivity contribution in [2.24, 2.45) is 0 Å². The van der Waals surface area contributed by atoms with Crippen LogP contribution >= 0.6 is 0 Å². The minimum atomic E-state index is -0.550. The molecule has 0 radical (unpaired) electrons. The predicted octanol–water partition coefficient (Wildman–Crippen LogP) is 1.87. The van der Waals surface area contributed by atoms with Crippen molar-refractivity contribution in [2.45, 2.75) is 0 Å². The van der Waals surface area contributed by atoms with E-state index in [0.717, 1.165) is 0 Å². The third-order valence-corrected chi connectivity index (χ3v) is 4.50. The van der Waals surface area contributed by atoms with Gasteiger partial charge in [0.1, 0.15) is 11.6 Å². The van der Waals surface area contributed by atoms with Gasteiger partial charge in [0, 0.05) is 19.3 Å². The van der Waals surface area contributed by atoms with Gasteiger partial charge >= 0.3 is 0 Å². The van der Waals surface area contributed by atoms with E-state index in [1.807, 2.05) is 6.07 Å². The number of nitrogens with zero attached hydrogens (tertiary/aromatic N) is 3. The number of nitrogens with one attached hydrogen (secondary N) is 1. The first-order valence-electron chi connectivity index (χ1n) is 9.60. The number of anilines is 1. The number of rotatable bonds is 7. The van der Waals surface area contributed by atoms with Crippen LogP contribution in [0.4, 0.5) is 5.69 Å². The molecule has 31 heavy (non-hydrogen) atoms. The molecule has 2 aromatic rings. The number of morpholine rings is 1. The molecule has 160 valence electrons. The van der Waals surface area contributed by atoms with Gasteiger partial charge in [0.15, 0.2) is 18.1 Å². The van der Waals surface area contributed by atoms with Crippen LogP contribution in [0.2, 0.25) is 0 Å². The summed E-state index contributed by atoms with van der Waals surface area (Å²) < 4.78 is 16.2. The summed E-state index contributed by atoms with van der Waals surface area (Å²) in [5.74, 6) is 0.0899. The second-order valence-electron chi connectivity index (χ2n) is 6.56. The zero-order valence-corrected chi connectivity index (χ0v) is 17.0. The van der Waals surface area contributed by atoms with Gasteiger partial charge in [-0.15, -0.1) is 0 Å². The molecule has 9 heteroatoms. The highest BCUT2D eigenvalue weighted by atomic mass is 16.5. The topological polar surface area (TPSA) is 114 Å². The monoisotopic (exact) mass is 422 g/mol. The van der Waals surface area contributed by atoms with Crippen LogP contribution in [-0.2, 0) is 14.3 Å². The summed E-state index contributed by atoms with van der Waals surface area (Å²) in [7, 11) is 1.47. The van der Waals surface area contributed by atoms with Gasteiger partial charge in [0.05, 0.1) is 32.2 Å². The lowest BCUT2D eigenvalue weighted by atomic mass is 10.1. The number of ether oxygens (including phenoxy) is 3. The van der Waals surface area contributed by atoms with E-state index in [1.165, 1.54) is 19.4 Å². The summed E-state index contributed by atoms with van der Waals surface area (Å²) in [4.78, 5) is 30.2. The van der Waals surface area contributed by atoms with Crippen LogP contribution in [0.1, 0.15) is 5.56 Å². The molecule has 0 saturated carbocycles. The van der Waals surface area contributed by atoms with E-state index in [0.29, 0.717) is 49.1 Å². The van der Waals surface area contributed by atoms with Gasteiger partial charge in [-0.3, -0.25) is 14.6 Å². The van der Waals surface area contributed by atoms with E-state index in [1.54, 1.807) is 41.4 Å². The van der Waals surface area contributed by atoms with Gasteiger partial charge in [-0.25, -0.2) is 0 Å². The SMILES string of the molecule is COc1cc(/C=C(\C#N)C(=O)Nc2cccnc2)ccc1OCC(=O)N1CCOCC1. The van der Waals surface area contributed by atoms with Crippen LogP contribution in [0.25, 0.3) is 6.08 Å². The Morgan fingerprint density at radius 1 is 1.29 bits per heavy atom. The molecule has 9 nitrogen and oxygen atoms in total. The van der Waals surface area contributed by atoms with Gasteiger partial charge in [0.2, 0.25) is 0 Å². The van der Waals surface area contributed by atoms with Crippen LogP contribution in [0.15, 0.2) is 48.3 Å². The normalized spacial score (nSPS) is 13.8. The number of carbonyl (C=O) groups excluding carboxylic acids is 2. The third-order valence-electron chi connectivity index (χ3n) is 4.50. The van der Waals surface area contributed by atoms with Crippen molar-refractivity contribution in [1.29, 1.82) is 5.26 Å². The second-order valence-corrected chi connectivity index (χ2v) is 6.56. The Morgan fingerprint density at radius 3 is 2.77 bits per heavy atom. The molecule has 0 spiro atoms. The van der Waals surface area contributed by atoms with Gasteiger partial charge in [-0.2, -0.15) is 5.26 Å². The lowest BCUT2D eigenvalue weighted by Crippen LogP contribution is -2.43. The van der Waals surface area contributed by atoms with E-state index >= 15 is 0 Å². The molecule has 2 heterocycles. The Labute approximate surface area is 179 Å². The zero-order valence-electron chi connectivity index (χ0n) is 17.0. The van der Waals surface area contributed by atoms with Crippen molar-refractivity contribution in [2.75, 3.05) is 45.3 Å². The summed E-state index contributed by atoms with van der Waals surface area (Å²) in [6.45, 7) is 2.00. The van der Waals surface area contributed by atoms with Crippen molar-refractivity contribution in [3.05, 3.63) is 53.9 Å². The highest BCUT2D eigenvalue weighted by molar-refractivity contribution is 6.09. The molecule has 1 aliphatic heterocycles. The highest BCUT2D eigenvalue weighted by Gasteiger charge is 2.18. The molecular formula is C22H22N4O5. The maximum Gasteiger partial charge on any atom is 0.266 e. The van der Waals surface area contributed by atoms with Crippen molar-refractivity contribution < 1.29 is 23.8 Å². The minimum Gasteiger partial charge on any atom is -0.493 e. The minimum absolute atomic E-state index is 0.0814. The Morgan fingerprint density at radius 2 is 2.10 bits per heavy atom. The van der Waals surface area contributed by atoms with E-state index in [9.17, 15) is 14.9 Å². The Hall–Kier alpha value is -3.90. The number of nitriles is 1. The summed E-state index contributed by atoms with van der Waals surface area (Å²) in [5, 5.41) is 12.0. The van der Waals surface area contributed by atoms with Crippen LogP contribution in [0, 0.1) is 11.3 Å². The number of carbonyl (C=O) groups is 2. The van der Waals surface area contributed by atoms with Crippen LogP contribution in [0.3, 0.4) is 0 Å². The first-order chi connectivity index (χ1) is 15.1. The first kappa shape index (κ1) is 21.8. The lowest BCUT2D eigenvalue weighted by Gasteiger charge is -2.26. The molecule has 1 aromatic heterocycles. The fourth-order valence-corrected chi connectivity index (χ4v) is 2.89. The van der Waals surface area contributed by atoms with Crippen LogP contribution in [-0.4, -0.2) is 61.7 Å². The summed E-state index contributed by atoms with van der Waals surface area (Å²) in [6.07, 6.45) is 4.51. The Balaban J connectivity index is 1.68. The van der Waals surface area contributed by atoms with E-state index in [4.69, 9.17) is 14.2 Å². The van der Waals surface area contributed by atoms with E-state index < -0.39 is 5.91 Å². The van der Waals surface area contributed by atoms with Gasteiger partial charge in [0.25, 0.3) is 11.8 Å². The summed E-state index contributed by atoms with van der Waals surface area (Å²) in [5.41, 5.74) is 0.976. The summed E-state index contributed by atoms with van der Waals surface area (Å²) >= 11 is 0. The molecule has 2 amide bonds. The van der Waals surface area contributed by atoms with E-state index in [-0.39, 0.29) is 18.1 Å². The highest BCUT2D eigenvalue weighted by Crippen LogP contribution is 2.29. The average Bonchev–Trinajstić information content (AvgIpc) is 2.82. The molecule has 0 bridgehead atoms. The van der Waals surface area contributed by atoms with Crippen molar-refractivity contribution in [1.82, 2.24) is 9.88 Å². The Bertz CT molecular complexity index is 995. The maximum absolute atomic E-state index is 12.4. The molecule has 1 fully saturated rings. The van der Waals surface area contributed by atoms with Crippen LogP contribution in [0.5, 0.6) is 11.5 Å². The summed E-state index contributed by atoms with van der Waals surface area (Å²) in [6, 6.07) is 10.2. The fourth-order valence-electron chi connectivity index (χ4n) is 2.89. The van der Waals surface area contributed by atoms with E-state index in [2.05, 4.69) is 10.3 Å². The van der Waals surface area contributed by atoms with Crippen molar-refractivity contribution in [3.63, 3.8) is 0 Å². The lowest BCUT2D eigenvalue weighted by molar-refractivity contribution is -0.137.